The van der Waals surface area contributed by atoms with Gasteiger partial charge in [0, 0.05) is 37.9 Å². The van der Waals surface area contributed by atoms with Crippen LogP contribution in [-0.4, -0.2) is 30.6 Å². The van der Waals surface area contributed by atoms with Gasteiger partial charge in [0.15, 0.2) is 0 Å². The molecule has 1 fully saturated rings. The van der Waals surface area contributed by atoms with Crippen LogP contribution in [0.3, 0.4) is 0 Å². The second-order valence-electron chi connectivity index (χ2n) is 5.38. The zero-order valence-corrected chi connectivity index (χ0v) is 11.1. The van der Waals surface area contributed by atoms with Crippen molar-refractivity contribution in [3.8, 4) is 0 Å². The summed E-state index contributed by atoms with van der Waals surface area (Å²) in [4.78, 5) is 14.5. The summed E-state index contributed by atoms with van der Waals surface area (Å²) in [6.07, 6.45) is 2.62. The lowest BCUT2D eigenvalue weighted by Crippen LogP contribution is -2.41. The van der Waals surface area contributed by atoms with Gasteiger partial charge in [-0.2, -0.15) is 0 Å². The lowest BCUT2D eigenvalue weighted by molar-refractivity contribution is -0.139. The smallest absolute Gasteiger partial charge is 0.226 e. The van der Waals surface area contributed by atoms with Crippen LogP contribution in [0.15, 0.2) is 18.2 Å². The molecule has 0 aromatic heterocycles. The van der Waals surface area contributed by atoms with E-state index >= 15 is 0 Å². The molecule has 4 nitrogen and oxygen atoms in total. The quantitative estimate of drug-likeness (QED) is 0.780. The molecule has 1 amide bonds. The van der Waals surface area contributed by atoms with Crippen molar-refractivity contribution in [1.82, 2.24) is 4.90 Å². The maximum Gasteiger partial charge on any atom is 0.226 e. The van der Waals surface area contributed by atoms with Crippen LogP contribution in [0.5, 0.6) is 0 Å². The maximum absolute atomic E-state index is 12.5. The van der Waals surface area contributed by atoms with Crippen molar-refractivity contribution in [2.45, 2.75) is 25.8 Å². The molecular formula is C15H20N2O2. The van der Waals surface area contributed by atoms with Crippen LogP contribution >= 0.6 is 0 Å². The molecule has 1 aromatic carbocycles. The fourth-order valence-electron chi connectivity index (χ4n) is 3.00. The van der Waals surface area contributed by atoms with E-state index in [1.165, 1.54) is 5.56 Å². The van der Waals surface area contributed by atoms with E-state index < -0.39 is 0 Å². The predicted octanol–water partition coefficient (Wildman–Crippen LogP) is 1.58. The van der Waals surface area contributed by atoms with Gasteiger partial charge in [-0.3, -0.25) is 4.79 Å². The Morgan fingerprint density at radius 3 is 2.89 bits per heavy atom. The van der Waals surface area contributed by atoms with Crippen molar-refractivity contribution in [1.29, 1.82) is 0 Å². The first kappa shape index (κ1) is 12.5. The molecule has 102 valence electrons. The molecule has 2 heterocycles. The summed E-state index contributed by atoms with van der Waals surface area (Å²) in [5, 5.41) is 0. The summed E-state index contributed by atoms with van der Waals surface area (Å²) in [5.41, 5.74) is 9.25. The second kappa shape index (κ2) is 5.21. The molecule has 2 aliphatic rings. The molecule has 0 atom stereocenters. The van der Waals surface area contributed by atoms with Crippen LogP contribution in [0.2, 0.25) is 0 Å². The molecule has 1 saturated heterocycles. The highest BCUT2D eigenvalue weighted by molar-refractivity contribution is 5.79. The van der Waals surface area contributed by atoms with Crippen molar-refractivity contribution in [3.05, 3.63) is 29.3 Å². The van der Waals surface area contributed by atoms with E-state index in [2.05, 4.69) is 6.07 Å². The molecule has 2 N–H and O–H groups in total. The molecule has 0 spiro atoms. The van der Waals surface area contributed by atoms with Gasteiger partial charge in [0.05, 0.1) is 0 Å². The van der Waals surface area contributed by atoms with E-state index in [1.807, 2.05) is 17.0 Å². The third kappa shape index (κ3) is 2.45. The summed E-state index contributed by atoms with van der Waals surface area (Å²) in [5.74, 6) is 0.414. The minimum Gasteiger partial charge on any atom is -0.398 e. The van der Waals surface area contributed by atoms with Gasteiger partial charge in [0.1, 0.15) is 0 Å². The van der Waals surface area contributed by atoms with Gasteiger partial charge in [-0.25, -0.2) is 0 Å². The number of ether oxygens (including phenoxy) is 1. The van der Waals surface area contributed by atoms with Gasteiger partial charge in [-0.05, 0) is 36.5 Å². The van der Waals surface area contributed by atoms with E-state index in [-0.39, 0.29) is 11.8 Å². The van der Waals surface area contributed by atoms with Crippen LogP contribution in [0.4, 0.5) is 5.69 Å². The molecule has 0 aliphatic carbocycles. The van der Waals surface area contributed by atoms with Crippen molar-refractivity contribution < 1.29 is 9.53 Å². The van der Waals surface area contributed by atoms with Crippen molar-refractivity contribution in [2.75, 3.05) is 25.5 Å². The number of hydrogen-bond acceptors (Lipinski definition) is 3. The fraction of sp³-hybridized carbons (Fsp3) is 0.533. The summed E-state index contributed by atoms with van der Waals surface area (Å²) in [6.45, 7) is 2.90. The summed E-state index contributed by atoms with van der Waals surface area (Å²) >= 11 is 0. The molecule has 3 rings (SSSR count). The summed E-state index contributed by atoms with van der Waals surface area (Å²) in [6, 6.07) is 6.02. The lowest BCUT2D eigenvalue weighted by Gasteiger charge is -2.33. The van der Waals surface area contributed by atoms with E-state index in [0.717, 1.165) is 37.1 Å². The Kier molecular flexibility index (Phi) is 3.42. The zero-order chi connectivity index (χ0) is 13.2. The normalized spacial score (nSPS) is 20.1. The van der Waals surface area contributed by atoms with Gasteiger partial charge >= 0.3 is 0 Å². The fourth-order valence-corrected chi connectivity index (χ4v) is 3.00. The average Bonchev–Trinajstić information content (AvgIpc) is 2.47. The number of amides is 1. The first-order valence-corrected chi connectivity index (χ1v) is 6.98. The number of hydrogen-bond donors (Lipinski definition) is 1. The Morgan fingerprint density at radius 1 is 1.32 bits per heavy atom. The number of nitrogen functional groups attached to an aromatic ring is 1. The number of nitrogens with zero attached hydrogens (tertiary/aromatic N) is 1. The third-order valence-corrected chi connectivity index (χ3v) is 4.19. The first-order valence-electron chi connectivity index (χ1n) is 6.98. The third-order valence-electron chi connectivity index (χ3n) is 4.19. The number of anilines is 1. The number of nitrogens with two attached hydrogens (primary N) is 1. The standard InChI is InChI=1S/C15H20N2O2/c16-14-3-1-2-11-4-7-17(10-13(11)14)15(18)12-5-8-19-9-6-12/h1-3,12H,4-10,16H2. The Hall–Kier alpha value is -1.55. The van der Waals surface area contributed by atoms with Crippen molar-refractivity contribution in [3.63, 3.8) is 0 Å². The van der Waals surface area contributed by atoms with Gasteiger partial charge in [-0.15, -0.1) is 0 Å². The molecule has 1 aromatic rings. The second-order valence-corrected chi connectivity index (χ2v) is 5.38. The molecule has 2 aliphatic heterocycles. The number of carbonyl (C=O) groups excluding carboxylic acids is 1. The summed E-state index contributed by atoms with van der Waals surface area (Å²) < 4.78 is 5.32. The van der Waals surface area contributed by atoms with E-state index in [4.69, 9.17) is 10.5 Å². The topological polar surface area (TPSA) is 55.6 Å². The van der Waals surface area contributed by atoms with E-state index in [9.17, 15) is 4.79 Å². The van der Waals surface area contributed by atoms with E-state index in [0.29, 0.717) is 19.8 Å². The highest BCUT2D eigenvalue weighted by atomic mass is 16.5. The van der Waals surface area contributed by atoms with Gasteiger partial charge in [0.2, 0.25) is 5.91 Å². The minimum absolute atomic E-state index is 0.139. The molecule has 4 heteroatoms. The summed E-state index contributed by atoms with van der Waals surface area (Å²) in [7, 11) is 0. The molecule has 0 unspecified atom stereocenters. The van der Waals surface area contributed by atoms with Crippen LogP contribution < -0.4 is 5.73 Å². The lowest BCUT2D eigenvalue weighted by atomic mass is 9.94. The Labute approximate surface area is 113 Å². The molecule has 0 bridgehead atoms. The highest BCUT2D eigenvalue weighted by Crippen LogP contribution is 2.27. The van der Waals surface area contributed by atoms with Crippen LogP contribution in [0.1, 0.15) is 24.0 Å². The Bertz CT molecular complexity index is 481. The predicted molar refractivity (Wildman–Crippen MR) is 73.5 cm³/mol. The monoisotopic (exact) mass is 260 g/mol. The Morgan fingerprint density at radius 2 is 2.11 bits per heavy atom. The maximum atomic E-state index is 12.5. The van der Waals surface area contributed by atoms with Gasteiger partial charge in [-0.1, -0.05) is 12.1 Å². The van der Waals surface area contributed by atoms with Crippen LogP contribution in [0.25, 0.3) is 0 Å². The molecule has 0 radical (unpaired) electrons. The van der Waals surface area contributed by atoms with Crippen LogP contribution in [-0.2, 0) is 22.5 Å². The highest BCUT2D eigenvalue weighted by Gasteiger charge is 2.29. The van der Waals surface area contributed by atoms with Gasteiger partial charge in [0.25, 0.3) is 0 Å². The number of benzene rings is 1. The first-order chi connectivity index (χ1) is 9.25. The van der Waals surface area contributed by atoms with Crippen LogP contribution in [0, 0.1) is 5.92 Å². The van der Waals surface area contributed by atoms with Gasteiger partial charge < -0.3 is 15.4 Å². The molecule has 19 heavy (non-hydrogen) atoms. The number of carbonyl (C=O) groups is 1. The SMILES string of the molecule is Nc1cccc2c1CN(C(=O)C1CCOCC1)CC2. The number of fused-ring (bicyclic) bond motifs is 1. The zero-order valence-electron chi connectivity index (χ0n) is 11.1. The minimum atomic E-state index is 0.139. The van der Waals surface area contributed by atoms with E-state index in [1.54, 1.807) is 0 Å². The number of rotatable bonds is 1. The molecule has 0 saturated carbocycles. The molecular weight excluding hydrogens is 240 g/mol. The largest absolute Gasteiger partial charge is 0.398 e. The van der Waals surface area contributed by atoms with Crippen molar-refractivity contribution in [2.24, 2.45) is 5.92 Å². The average molecular weight is 260 g/mol. The Balaban J connectivity index is 1.74. The van der Waals surface area contributed by atoms with Crippen molar-refractivity contribution >= 4 is 11.6 Å².